The summed E-state index contributed by atoms with van der Waals surface area (Å²) in [5, 5.41) is 7.08. The first-order valence-corrected chi connectivity index (χ1v) is 6.30. The molecule has 6 heteroatoms. The van der Waals surface area contributed by atoms with Crippen LogP contribution >= 0.6 is 12.4 Å². The second-order valence-corrected chi connectivity index (χ2v) is 4.35. The van der Waals surface area contributed by atoms with E-state index < -0.39 is 0 Å². The highest BCUT2D eigenvalue weighted by molar-refractivity contribution is 5.85. The summed E-state index contributed by atoms with van der Waals surface area (Å²) in [6.07, 6.45) is 4.07. The van der Waals surface area contributed by atoms with Crippen molar-refractivity contribution in [1.82, 2.24) is 15.1 Å². The fourth-order valence-corrected chi connectivity index (χ4v) is 1.77. The minimum Gasteiger partial charge on any atom is -0.352 e. The molecule has 2 aromatic rings. The Morgan fingerprint density at radius 1 is 1.25 bits per heavy atom. The third-order valence-electron chi connectivity index (χ3n) is 2.74. The SMILES string of the molecule is Cl.NCCC(=O)NCc1cnn(Cc2ccccc2)c1. The number of hydrogen-bond acceptors (Lipinski definition) is 3. The number of carbonyl (C=O) groups excluding carboxylic acids is 1. The molecule has 3 N–H and O–H groups in total. The second-order valence-electron chi connectivity index (χ2n) is 4.35. The van der Waals surface area contributed by atoms with Crippen LogP contribution in [0.1, 0.15) is 17.5 Å². The van der Waals surface area contributed by atoms with E-state index in [1.54, 1.807) is 6.20 Å². The molecule has 0 aliphatic heterocycles. The fourth-order valence-electron chi connectivity index (χ4n) is 1.77. The van der Waals surface area contributed by atoms with E-state index in [-0.39, 0.29) is 18.3 Å². The molecule has 0 saturated heterocycles. The number of halogens is 1. The molecule has 0 aliphatic rings. The lowest BCUT2D eigenvalue weighted by molar-refractivity contribution is -0.121. The molecular formula is C14H19ClN4O. The van der Waals surface area contributed by atoms with Gasteiger partial charge in [-0.25, -0.2) is 0 Å². The Morgan fingerprint density at radius 2 is 2.00 bits per heavy atom. The summed E-state index contributed by atoms with van der Waals surface area (Å²) >= 11 is 0. The highest BCUT2D eigenvalue weighted by atomic mass is 35.5. The number of aromatic nitrogens is 2. The summed E-state index contributed by atoms with van der Waals surface area (Å²) in [4.78, 5) is 11.3. The molecule has 0 aliphatic carbocycles. The predicted octanol–water partition coefficient (Wildman–Crippen LogP) is 1.32. The number of nitrogens with two attached hydrogens (primary N) is 1. The molecule has 108 valence electrons. The molecule has 0 fully saturated rings. The summed E-state index contributed by atoms with van der Waals surface area (Å²) in [6, 6.07) is 10.1. The van der Waals surface area contributed by atoms with Gasteiger partial charge in [-0.3, -0.25) is 9.48 Å². The van der Waals surface area contributed by atoms with Crippen molar-refractivity contribution in [2.45, 2.75) is 19.5 Å². The maximum absolute atomic E-state index is 11.3. The highest BCUT2D eigenvalue weighted by Crippen LogP contribution is 2.03. The monoisotopic (exact) mass is 294 g/mol. The Bertz CT molecular complexity index is 527. The average molecular weight is 295 g/mol. The van der Waals surface area contributed by atoms with E-state index in [9.17, 15) is 4.79 Å². The topological polar surface area (TPSA) is 72.9 Å². The number of hydrogen-bond donors (Lipinski definition) is 2. The third-order valence-corrected chi connectivity index (χ3v) is 2.74. The quantitative estimate of drug-likeness (QED) is 0.844. The maximum Gasteiger partial charge on any atom is 0.221 e. The van der Waals surface area contributed by atoms with Gasteiger partial charge in [-0.1, -0.05) is 30.3 Å². The molecule has 0 atom stereocenters. The second kappa shape index (κ2) is 8.35. The van der Waals surface area contributed by atoms with Crippen LogP contribution in [-0.2, 0) is 17.9 Å². The molecule has 1 aromatic heterocycles. The fraction of sp³-hybridized carbons (Fsp3) is 0.286. The lowest BCUT2D eigenvalue weighted by Gasteiger charge is -2.02. The largest absolute Gasteiger partial charge is 0.352 e. The Labute approximate surface area is 124 Å². The van der Waals surface area contributed by atoms with E-state index in [2.05, 4.69) is 22.5 Å². The van der Waals surface area contributed by atoms with E-state index in [0.717, 1.165) is 12.1 Å². The number of nitrogens with zero attached hydrogens (tertiary/aromatic N) is 2. The zero-order valence-electron chi connectivity index (χ0n) is 11.2. The van der Waals surface area contributed by atoms with Gasteiger partial charge in [0, 0.05) is 31.3 Å². The number of nitrogens with one attached hydrogen (secondary N) is 1. The van der Waals surface area contributed by atoms with Crippen molar-refractivity contribution in [3.8, 4) is 0 Å². The Hall–Kier alpha value is -1.85. The molecule has 2 rings (SSSR count). The van der Waals surface area contributed by atoms with Gasteiger partial charge in [0.25, 0.3) is 0 Å². The van der Waals surface area contributed by atoms with Gasteiger partial charge in [-0.05, 0) is 5.56 Å². The molecule has 0 radical (unpaired) electrons. The van der Waals surface area contributed by atoms with Crippen LogP contribution in [0.2, 0.25) is 0 Å². The minimum atomic E-state index is -0.0293. The zero-order chi connectivity index (χ0) is 13.5. The van der Waals surface area contributed by atoms with Gasteiger partial charge in [-0.15, -0.1) is 12.4 Å². The third kappa shape index (κ3) is 5.03. The van der Waals surface area contributed by atoms with E-state index >= 15 is 0 Å². The van der Waals surface area contributed by atoms with E-state index in [4.69, 9.17) is 5.73 Å². The smallest absolute Gasteiger partial charge is 0.221 e. The Morgan fingerprint density at radius 3 is 2.70 bits per heavy atom. The van der Waals surface area contributed by atoms with Crippen molar-refractivity contribution in [3.63, 3.8) is 0 Å². The van der Waals surface area contributed by atoms with Gasteiger partial charge in [0.15, 0.2) is 0 Å². The summed E-state index contributed by atoms with van der Waals surface area (Å²) < 4.78 is 1.86. The van der Waals surface area contributed by atoms with Crippen LogP contribution in [0.4, 0.5) is 0 Å². The van der Waals surface area contributed by atoms with Crippen LogP contribution in [0.15, 0.2) is 42.7 Å². The van der Waals surface area contributed by atoms with Gasteiger partial charge in [0.2, 0.25) is 5.91 Å². The zero-order valence-corrected chi connectivity index (χ0v) is 12.0. The van der Waals surface area contributed by atoms with Crippen molar-refractivity contribution in [2.24, 2.45) is 5.73 Å². The van der Waals surface area contributed by atoms with Gasteiger partial charge < -0.3 is 11.1 Å². The van der Waals surface area contributed by atoms with Crippen LogP contribution in [0, 0.1) is 0 Å². The van der Waals surface area contributed by atoms with Crippen LogP contribution in [0.3, 0.4) is 0 Å². The van der Waals surface area contributed by atoms with Crippen LogP contribution in [0.25, 0.3) is 0 Å². The molecular weight excluding hydrogens is 276 g/mol. The van der Waals surface area contributed by atoms with Crippen molar-refractivity contribution < 1.29 is 4.79 Å². The molecule has 20 heavy (non-hydrogen) atoms. The molecule has 0 bridgehead atoms. The standard InChI is InChI=1S/C14H18N4O.ClH/c15-7-6-14(19)16-8-13-9-17-18(11-13)10-12-4-2-1-3-5-12;/h1-5,9,11H,6-8,10,15H2,(H,16,19);1H. The number of benzene rings is 1. The van der Waals surface area contributed by atoms with Crippen LogP contribution in [-0.4, -0.2) is 22.2 Å². The highest BCUT2D eigenvalue weighted by Gasteiger charge is 2.02. The Kier molecular flexibility index (Phi) is 6.76. The van der Waals surface area contributed by atoms with E-state index in [0.29, 0.717) is 19.5 Å². The van der Waals surface area contributed by atoms with Gasteiger partial charge in [0.05, 0.1) is 12.7 Å². The van der Waals surface area contributed by atoms with Crippen molar-refractivity contribution in [2.75, 3.05) is 6.54 Å². The number of rotatable bonds is 6. The number of carbonyl (C=O) groups is 1. The molecule has 0 saturated carbocycles. The molecule has 0 spiro atoms. The first-order valence-electron chi connectivity index (χ1n) is 6.30. The normalized spacial score (nSPS) is 9.85. The van der Waals surface area contributed by atoms with E-state index in [1.807, 2.05) is 29.1 Å². The van der Waals surface area contributed by atoms with Gasteiger partial charge in [-0.2, -0.15) is 5.10 Å². The lowest BCUT2D eigenvalue weighted by atomic mass is 10.2. The lowest BCUT2D eigenvalue weighted by Crippen LogP contribution is -2.24. The summed E-state index contributed by atoms with van der Waals surface area (Å²) in [7, 11) is 0. The summed E-state index contributed by atoms with van der Waals surface area (Å²) in [5.41, 5.74) is 7.50. The van der Waals surface area contributed by atoms with Crippen molar-refractivity contribution in [3.05, 3.63) is 53.9 Å². The number of amides is 1. The van der Waals surface area contributed by atoms with Crippen molar-refractivity contribution in [1.29, 1.82) is 0 Å². The predicted molar refractivity (Wildman–Crippen MR) is 80.5 cm³/mol. The van der Waals surface area contributed by atoms with E-state index in [1.165, 1.54) is 5.56 Å². The van der Waals surface area contributed by atoms with Gasteiger partial charge >= 0.3 is 0 Å². The van der Waals surface area contributed by atoms with Crippen LogP contribution < -0.4 is 11.1 Å². The average Bonchev–Trinajstić information content (AvgIpc) is 2.86. The van der Waals surface area contributed by atoms with Crippen LogP contribution in [0.5, 0.6) is 0 Å². The van der Waals surface area contributed by atoms with Gasteiger partial charge in [0.1, 0.15) is 0 Å². The first kappa shape index (κ1) is 16.2. The Balaban J connectivity index is 0.00000200. The maximum atomic E-state index is 11.3. The molecule has 1 aromatic carbocycles. The first-order chi connectivity index (χ1) is 9.28. The summed E-state index contributed by atoms with van der Waals surface area (Å²) in [6.45, 7) is 1.60. The molecule has 1 heterocycles. The van der Waals surface area contributed by atoms with Crippen molar-refractivity contribution >= 4 is 18.3 Å². The molecule has 5 nitrogen and oxygen atoms in total. The molecule has 0 unspecified atom stereocenters. The molecule has 1 amide bonds. The minimum absolute atomic E-state index is 0. The summed E-state index contributed by atoms with van der Waals surface area (Å²) in [5.74, 6) is -0.0293.